The number of aromatic nitrogens is 1. The molecular weight excluding hydrogens is 272 g/mol. The predicted octanol–water partition coefficient (Wildman–Crippen LogP) is 3.42. The third-order valence-electron chi connectivity index (χ3n) is 2.15. The van der Waals surface area contributed by atoms with Gasteiger partial charge < -0.3 is 0 Å². The van der Waals surface area contributed by atoms with Crippen molar-refractivity contribution in [3.05, 3.63) is 57.3 Å². The van der Waals surface area contributed by atoms with Gasteiger partial charge in [-0.3, -0.25) is 10.1 Å². The summed E-state index contributed by atoms with van der Waals surface area (Å²) >= 11 is 3.09. The first kappa shape index (κ1) is 10.8. The van der Waals surface area contributed by atoms with Gasteiger partial charge in [-0.25, -0.2) is 4.98 Å². The standard InChI is InChI=1S/C11H7BrN2O2/c12-11-10(14(15)16)9(6-7-13-11)8-4-2-1-3-5-8/h1-7H. The second-order valence-corrected chi connectivity index (χ2v) is 3.87. The molecule has 80 valence electrons. The molecule has 0 aliphatic heterocycles. The van der Waals surface area contributed by atoms with Crippen LogP contribution in [0.15, 0.2) is 47.2 Å². The second-order valence-electron chi connectivity index (χ2n) is 3.12. The summed E-state index contributed by atoms with van der Waals surface area (Å²) in [7, 11) is 0. The van der Waals surface area contributed by atoms with Gasteiger partial charge in [0.05, 0.1) is 10.5 Å². The number of nitro groups is 1. The minimum atomic E-state index is -0.431. The van der Waals surface area contributed by atoms with E-state index in [1.807, 2.05) is 30.3 Å². The van der Waals surface area contributed by atoms with E-state index in [1.165, 1.54) is 0 Å². The Kier molecular flexibility index (Phi) is 2.96. The van der Waals surface area contributed by atoms with Crippen molar-refractivity contribution in [2.75, 3.05) is 0 Å². The van der Waals surface area contributed by atoms with Gasteiger partial charge in [0.15, 0.2) is 4.60 Å². The number of halogens is 1. The third kappa shape index (κ3) is 1.94. The Morgan fingerprint density at radius 1 is 1.19 bits per heavy atom. The van der Waals surface area contributed by atoms with E-state index in [-0.39, 0.29) is 10.3 Å². The highest BCUT2D eigenvalue weighted by atomic mass is 79.9. The van der Waals surface area contributed by atoms with E-state index in [2.05, 4.69) is 20.9 Å². The van der Waals surface area contributed by atoms with E-state index in [4.69, 9.17) is 0 Å². The molecule has 0 atom stereocenters. The van der Waals surface area contributed by atoms with Crippen molar-refractivity contribution in [2.24, 2.45) is 0 Å². The summed E-state index contributed by atoms with van der Waals surface area (Å²) < 4.78 is 0.249. The normalized spacial score (nSPS) is 10.1. The molecule has 2 rings (SSSR count). The fraction of sp³-hybridized carbons (Fsp3) is 0. The van der Waals surface area contributed by atoms with Gasteiger partial charge in [0.25, 0.3) is 0 Å². The Morgan fingerprint density at radius 2 is 1.88 bits per heavy atom. The predicted molar refractivity (Wildman–Crippen MR) is 64.0 cm³/mol. The number of benzene rings is 1. The van der Waals surface area contributed by atoms with Gasteiger partial charge in [-0.15, -0.1) is 0 Å². The molecule has 0 saturated carbocycles. The van der Waals surface area contributed by atoms with Gasteiger partial charge in [0.1, 0.15) is 0 Å². The van der Waals surface area contributed by atoms with E-state index in [1.54, 1.807) is 12.3 Å². The molecule has 1 aromatic carbocycles. The Morgan fingerprint density at radius 3 is 2.50 bits per heavy atom. The second kappa shape index (κ2) is 4.40. The van der Waals surface area contributed by atoms with Gasteiger partial charge in [-0.2, -0.15) is 0 Å². The fourth-order valence-corrected chi connectivity index (χ4v) is 1.93. The summed E-state index contributed by atoms with van der Waals surface area (Å²) in [5.74, 6) is 0. The molecule has 0 bridgehead atoms. The Balaban J connectivity index is 2.66. The molecule has 0 N–H and O–H groups in total. The largest absolute Gasteiger partial charge is 0.309 e. The molecule has 0 unspecified atom stereocenters. The van der Waals surface area contributed by atoms with Crippen LogP contribution in [-0.2, 0) is 0 Å². The SMILES string of the molecule is O=[N+]([O-])c1c(-c2ccccc2)ccnc1Br. The molecule has 1 aromatic heterocycles. The summed E-state index contributed by atoms with van der Waals surface area (Å²) in [6, 6.07) is 10.8. The number of rotatable bonds is 2. The Hall–Kier alpha value is -1.75. The maximum absolute atomic E-state index is 11.0. The quantitative estimate of drug-likeness (QED) is 0.481. The van der Waals surface area contributed by atoms with Crippen LogP contribution in [0.5, 0.6) is 0 Å². The molecule has 0 aliphatic carbocycles. The lowest BCUT2D eigenvalue weighted by Crippen LogP contribution is -1.94. The van der Waals surface area contributed by atoms with E-state index in [9.17, 15) is 10.1 Å². The topological polar surface area (TPSA) is 56.0 Å². The van der Waals surface area contributed by atoms with Gasteiger partial charge >= 0.3 is 5.69 Å². The Labute approximate surface area is 100 Å². The van der Waals surface area contributed by atoms with E-state index in [0.29, 0.717) is 5.56 Å². The minimum absolute atomic E-state index is 0.00583. The Bertz CT molecular complexity index is 529. The molecule has 0 spiro atoms. The fourth-order valence-electron chi connectivity index (χ4n) is 1.45. The van der Waals surface area contributed by atoms with E-state index in [0.717, 1.165) is 5.56 Å². The van der Waals surface area contributed by atoms with Crippen LogP contribution >= 0.6 is 15.9 Å². The maximum atomic E-state index is 11.0. The molecule has 0 fully saturated rings. The third-order valence-corrected chi connectivity index (χ3v) is 2.73. The molecule has 16 heavy (non-hydrogen) atoms. The van der Waals surface area contributed by atoms with Crippen molar-refractivity contribution in [2.45, 2.75) is 0 Å². The molecule has 4 nitrogen and oxygen atoms in total. The summed E-state index contributed by atoms with van der Waals surface area (Å²) in [5.41, 5.74) is 1.36. The van der Waals surface area contributed by atoms with Crippen LogP contribution in [0.25, 0.3) is 11.1 Å². The molecule has 0 saturated heterocycles. The van der Waals surface area contributed by atoms with Crippen molar-refractivity contribution >= 4 is 21.6 Å². The lowest BCUT2D eigenvalue weighted by Gasteiger charge is -2.03. The molecule has 1 heterocycles. The summed E-state index contributed by atoms with van der Waals surface area (Å²) in [5, 5.41) is 11.0. The first-order valence-corrected chi connectivity index (χ1v) is 5.34. The molecular formula is C11H7BrN2O2. The number of nitrogens with zero attached hydrogens (tertiary/aromatic N) is 2. The zero-order valence-corrected chi connectivity index (χ0v) is 9.72. The molecule has 0 radical (unpaired) electrons. The van der Waals surface area contributed by atoms with Crippen molar-refractivity contribution in [1.82, 2.24) is 4.98 Å². The van der Waals surface area contributed by atoms with Gasteiger partial charge in [-0.05, 0) is 27.6 Å². The highest BCUT2D eigenvalue weighted by Crippen LogP contribution is 2.33. The molecule has 2 aromatic rings. The summed E-state index contributed by atoms with van der Waals surface area (Å²) in [6.45, 7) is 0. The van der Waals surface area contributed by atoms with Gasteiger partial charge in [0, 0.05) is 6.20 Å². The summed E-state index contributed by atoms with van der Waals surface area (Å²) in [6.07, 6.45) is 1.54. The average molecular weight is 279 g/mol. The molecule has 5 heteroatoms. The minimum Gasteiger partial charge on any atom is -0.258 e. The van der Waals surface area contributed by atoms with Crippen LogP contribution in [0.2, 0.25) is 0 Å². The zero-order valence-electron chi connectivity index (χ0n) is 8.13. The highest BCUT2D eigenvalue weighted by molar-refractivity contribution is 9.10. The monoisotopic (exact) mass is 278 g/mol. The number of hydrogen-bond acceptors (Lipinski definition) is 3. The van der Waals surface area contributed by atoms with Crippen molar-refractivity contribution < 1.29 is 4.92 Å². The van der Waals surface area contributed by atoms with Crippen molar-refractivity contribution in [3.63, 3.8) is 0 Å². The maximum Gasteiger partial charge on any atom is 0.309 e. The van der Waals surface area contributed by atoms with Crippen molar-refractivity contribution in [1.29, 1.82) is 0 Å². The van der Waals surface area contributed by atoms with Crippen LogP contribution in [-0.4, -0.2) is 9.91 Å². The van der Waals surface area contributed by atoms with Crippen LogP contribution in [0, 0.1) is 10.1 Å². The van der Waals surface area contributed by atoms with Crippen LogP contribution in [0.3, 0.4) is 0 Å². The zero-order chi connectivity index (χ0) is 11.5. The smallest absolute Gasteiger partial charge is 0.258 e. The van der Waals surface area contributed by atoms with Crippen LogP contribution < -0.4 is 0 Å². The summed E-state index contributed by atoms with van der Waals surface area (Å²) in [4.78, 5) is 14.4. The van der Waals surface area contributed by atoms with Crippen molar-refractivity contribution in [3.8, 4) is 11.1 Å². The number of pyridine rings is 1. The average Bonchev–Trinajstić information content (AvgIpc) is 2.29. The number of hydrogen-bond donors (Lipinski definition) is 0. The lowest BCUT2D eigenvalue weighted by molar-refractivity contribution is -0.385. The van der Waals surface area contributed by atoms with E-state index >= 15 is 0 Å². The van der Waals surface area contributed by atoms with Crippen LogP contribution in [0.1, 0.15) is 0 Å². The molecule has 0 amide bonds. The van der Waals surface area contributed by atoms with Gasteiger partial charge in [0.2, 0.25) is 0 Å². The van der Waals surface area contributed by atoms with E-state index < -0.39 is 4.92 Å². The lowest BCUT2D eigenvalue weighted by atomic mass is 10.1. The van der Waals surface area contributed by atoms with Crippen LogP contribution in [0.4, 0.5) is 5.69 Å². The first-order valence-electron chi connectivity index (χ1n) is 4.54. The molecule has 0 aliphatic rings. The highest BCUT2D eigenvalue weighted by Gasteiger charge is 2.19. The first-order chi connectivity index (χ1) is 7.70. The van der Waals surface area contributed by atoms with Gasteiger partial charge in [-0.1, -0.05) is 30.3 Å².